The lowest BCUT2D eigenvalue weighted by molar-refractivity contribution is -0.116. The maximum atomic E-state index is 13.9. The Labute approximate surface area is 198 Å². The topological polar surface area (TPSA) is 90.5 Å². The van der Waals surface area contributed by atoms with Crippen molar-refractivity contribution < 1.29 is 18.8 Å². The quantitative estimate of drug-likeness (QED) is 0.475. The van der Waals surface area contributed by atoms with Gasteiger partial charge in [-0.05, 0) is 68.5 Å². The first kappa shape index (κ1) is 24.6. The van der Waals surface area contributed by atoms with E-state index in [9.17, 15) is 18.8 Å². The Kier molecular flexibility index (Phi) is 8.10. The monoisotopic (exact) mass is 462 g/mol. The van der Waals surface area contributed by atoms with E-state index in [2.05, 4.69) is 16.0 Å². The second-order valence-corrected chi connectivity index (χ2v) is 8.13. The normalized spacial score (nSPS) is 10.6. The zero-order valence-electron chi connectivity index (χ0n) is 19.3. The first-order valence-corrected chi connectivity index (χ1v) is 10.7. The first-order valence-electron chi connectivity index (χ1n) is 10.7. The van der Waals surface area contributed by atoms with Crippen molar-refractivity contribution in [1.82, 2.24) is 10.2 Å². The zero-order valence-corrected chi connectivity index (χ0v) is 19.3. The number of likely N-dealkylation sites (N-methyl/N-ethyl adjacent to an activating group) is 1. The van der Waals surface area contributed by atoms with E-state index in [0.717, 1.165) is 11.1 Å². The van der Waals surface area contributed by atoms with Gasteiger partial charge in [0, 0.05) is 23.5 Å². The minimum Gasteiger partial charge on any atom is -0.348 e. The number of anilines is 2. The Morgan fingerprint density at radius 1 is 0.882 bits per heavy atom. The largest absolute Gasteiger partial charge is 0.348 e. The molecule has 3 amide bonds. The molecule has 0 radical (unpaired) electrons. The van der Waals surface area contributed by atoms with E-state index in [4.69, 9.17) is 0 Å². The number of nitrogens with one attached hydrogen (secondary N) is 3. The van der Waals surface area contributed by atoms with Crippen LogP contribution in [0.5, 0.6) is 0 Å². The van der Waals surface area contributed by atoms with Crippen LogP contribution in [0.15, 0.2) is 66.7 Å². The van der Waals surface area contributed by atoms with Gasteiger partial charge in [0.15, 0.2) is 0 Å². The summed E-state index contributed by atoms with van der Waals surface area (Å²) in [5, 5.41) is 8.33. The average molecular weight is 463 g/mol. The van der Waals surface area contributed by atoms with E-state index >= 15 is 0 Å². The van der Waals surface area contributed by atoms with Crippen molar-refractivity contribution in [1.29, 1.82) is 0 Å². The fourth-order valence-electron chi connectivity index (χ4n) is 3.26. The number of benzene rings is 3. The van der Waals surface area contributed by atoms with E-state index in [0.29, 0.717) is 16.9 Å². The van der Waals surface area contributed by atoms with Crippen molar-refractivity contribution in [3.05, 3.63) is 94.8 Å². The molecule has 3 aromatic rings. The van der Waals surface area contributed by atoms with E-state index in [1.165, 1.54) is 18.2 Å². The Morgan fingerprint density at radius 2 is 1.65 bits per heavy atom. The van der Waals surface area contributed by atoms with Crippen LogP contribution >= 0.6 is 0 Å². The van der Waals surface area contributed by atoms with E-state index in [1.807, 2.05) is 20.2 Å². The van der Waals surface area contributed by atoms with Crippen LogP contribution in [0.3, 0.4) is 0 Å². The van der Waals surface area contributed by atoms with Gasteiger partial charge >= 0.3 is 0 Å². The van der Waals surface area contributed by atoms with Crippen LogP contribution in [0, 0.1) is 12.7 Å². The van der Waals surface area contributed by atoms with Crippen LogP contribution in [-0.2, 0) is 11.3 Å². The fourth-order valence-corrected chi connectivity index (χ4v) is 3.26. The number of aryl methyl sites for hydroxylation is 1. The van der Waals surface area contributed by atoms with Crippen molar-refractivity contribution in [2.75, 3.05) is 31.3 Å². The molecule has 0 aliphatic rings. The molecule has 0 spiro atoms. The maximum absolute atomic E-state index is 13.9. The molecular formula is C26H27FN4O3. The number of rotatable bonds is 8. The smallest absolute Gasteiger partial charge is 0.258 e. The number of hydrogen-bond acceptors (Lipinski definition) is 4. The maximum Gasteiger partial charge on any atom is 0.258 e. The lowest BCUT2D eigenvalue weighted by atomic mass is 10.1. The molecule has 0 saturated carbocycles. The highest BCUT2D eigenvalue weighted by atomic mass is 19.1. The van der Waals surface area contributed by atoms with Crippen molar-refractivity contribution in [2.24, 2.45) is 0 Å². The number of halogens is 1. The fraction of sp³-hybridized carbons (Fsp3) is 0.192. The lowest BCUT2D eigenvalue weighted by Crippen LogP contribution is -2.27. The summed E-state index contributed by atoms with van der Waals surface area (Å²) in [6, 6.07) is 17.9. The molecule has 0 heterocycles. The SMILES string of the molecule is Cc1ccc(C(=O)NCc2cccc(NC(=O)CN(C)C)c2)cc1NC(=O)c1ccccc1F. The van der Waals surface area contributed by atoms with Gasteiger partial charge in [-0.2, -0.15) is 0 Å². The molecule has 8 heteroatoms. The first-order chi connectivity index (χ1) is 16.2. The molecule has 0 fully saturated rings. The van der Waals surface area contributed by atoms with Crippen LogP contribution in [0.25, 0.3) is 0 Å². The van der Waals surface area contributed by atoms with Crippen molar-refractivity contribution in [2.45, 2.75) is 13.5 Å². The number of nitrogens with zero attached hydrogens (tertiary/aromatic N) is 1. The highest BCUT2D eigenvalue weighted by Gasteiger charge is 2.14. The molecule has 0 aliphatic carbocycles. The molecule has 3 aromatic carbocycles. The summed E-state index contributed by atoms with van der Waals surface area (Å²) in [5.74, 6) is -1.67. The molecule has 34 heavy (non-hydrogen) atoms. The van der Waals surface area contributed by atoms with Gasteiger partial charge in [-0.1, -0.05) is 30.3 Å². The highest BCUT2D eigenvalue weighted by Crippen LogP contribution is 2.19. The predicted octanol–water partition coefficient (Wildman–Crippen LogP) is 3.82. The number of amides is 3. The molecule has 0 aromatic heterocycles. The summed E-state index contributed by atoms with van der Waals surface area (Å²) in [6.45, 7) is 2.31. The summed E-state index contributed by atoms with van der Waals surface area (Å²) >= 11 is 0. The third kappa shape index (κ3) is 6.73. The minimum atomic E-state index is -0.619. The zero-order chi connectivity index (χ0) is 24.7. The Balaban J connectivity index is 1.65. The summed E-state index contributed by atoms with van der Waals surface area (Å²) in [5.41, 5.74) is 2.90. The van der Waals surface area contributed by atoms with Crippen molar-refractivity contribution >= 4 is 29.1 Å². The van der Waals surface area contributed by atoms with Gasteiger partial charge in [-0.15, -0.1) is 0 Å². The summed E-state index contributed by atoms with van der Waals surface area (Å²) in [7, 11) is 3.63. The summed E-state index contributed by atoms with van der Waals surface area (Å²) in [6.07, 6.45) is 0. The third-order valence-corrected chi connectivity index (χ3v) is 4.99. The predicted molar refractivity (Wildman–Crippen MR) is 130 cm³/mol. The standard InChI is InChI=1S/C26H27FN4O3/c1-17-11-12-19(14-23(17)30-26(34)21-9-4-5-10-22(21)27)25(33)28-15-18-7-6-8-20(13-18)29-24(32)16-31(2)3/h4-14H,15-16H2,1-3H3,(H,28,33)(H,29,32)(H,30,34). The molecule has 0 bridgehead atoms. The van der Waals surface area contributed by atoms with Crippen LogP contribution in [0.2, 0.25) is 0 Å². The number of carbonyl (C=O) groups is 3. The highest BCUT2D eigenvalue weighted by molar-refractivity contribution is 6.05. The Morgan fingerprint density at radius 3 is 2.38 bits per heavy atom. The van der Waals surface area contributed by atoms with Gasteiger partial charge < -0.3 is 20.9 Å². The van der Waals surface area contributed by atoms with Crippen molar-refractivity contribution in [3.8, 4) is 0 Å². The second-order valence-electron chi connectivity index (χ2n) is 8.13. The summed E-state index contributed by atoms with van der Waals surface area (Å²) in [4.78, 5) is 38.9. The van der Waals surface area contributed by atoms with Crippen LogP contribution < -0.4 is 16.0 Å². The van der Waals surface area contributed by atoms with Crippen LogP contribution in [0.1, 0.15) is 31.8 Å². The number of hydrogen-bond donors (Lipinski definition) is 3. The van der Waals surface area contributed by atoms with Gasteiger partial charge in [-0.3, -0.25) is 14.4 Å². The van der Waals surface area contributed by atoms with E-state index in [1.54, 1.807) is 54.3 Å². The van der Waals surface area contributed by atoms with E-state index < -0.39 is 11.7 Å². The van der Waals surface area contributed by atoms with Crippen LogP contribution in [-0.4, -0.2) is 43.3 Å². The Hall–Kier alpha value is -4.04. The molecule has 3 N–H and O–H groups in total. The molecule has 0 aliphatic heterocycles. The van der Waals surface area contributed by atoms with Crippen LogP contribution in [0.4, 0.5) is 15.8 Å². The molecular weight excluding hydrogens is 435 g/mol. The molecule has 0 atom stereocenters. The molecule has 3 rings (SSSR count). The van der Waals surface area contributed by atoms with Crippen molar-refractivity contribution in [3.63, 3.8) is 0 Å². The lowest BCUT2D eigenvalue weighted by Gasteiger charge is -2.13. The molecule has 176 valence electrons. The molecule has 0 saturated heterocycles. The van der Waals surface area contributed by atoms with Gasteiger partial charge in [0.25, 0.3) is 11.8 Å². The third-order valence-electron chi connectivity index (χ3n) is 4.99. The van der Waals surface area contributed by atoms with E-state index in [-0.39, 0.29) is 30.5 Å². The average Bonchev–Trinajstić information content (AvgIpc) is 2.78. The van der Waals surface area contributed by atoms with Gasteiger partial charge in [0.1, 0.15) is 5.82 Å². The molecule has 0 unspecified atom stereocenters. The molecule has 7 nitrogen and oxygen atoms in total. The van der Waals surface area contributed by atoms with Gasteiger partial charge in [-0.25, -0.2) is 4.39 Å². The minimum absolute atomic E-state index is 0.0747. The number of carbonyl (C=O) groups excluding carboxylic acids is 3. The second kappa shape index (κ2) is 11.2. The Bertz CT molecular complexity index is 1210. The van der Waals surface area contributed by atoms with Gasteiger partial charge in [0.05, 0.1) is 12.1 Å². The van der Waals surface area contributed by atoms with Gasteiger partial charge in [0.2, 0.25) is 5.91 Å². The summed E-state index contributed by atoms with van der Waals surface area (Å²) < 4.78 is 13.9.